The van der Waals surface area contributed by atoms with Crippen molar-refractivity contribution in [1.29, 1.82) is 0 Å². The first-order chi connectivity index (χ1) is 18.8. The zero-order chi connectivity index (χ0) is 27.9. The second-order valence-electron chi connectivity index (χ2n) is 8.38. The van der Waals surface area contributed by atoms with Gasteiger partial charge in [0.25, 0.3) is 5.91 Å². The normalized spacial score (nSPS) is 14.0. The highest BCUT2D eigenvalue weighted by atomic mass is 16.5. The molecule has 0 bridgehead atoms. The summed E-state index contributed by atoms with van der Waals surface area (Å²) in [6, 6.07) is 18.7. The Morgan fingerprint density at radius 2 is 1.69 bits per heavy atom. The van der Waals surface area contributed by atoms with E-state index in [1.165, 1.54) is 11.0 Å². The van der Waals surface area contributed by atoms with E-state index in [-0.39, 0.29) is 30.1 Å². The Labute approximate surface area is 224 Å². The van der Waals surface area contributed by atoms with E-state index in [0.717, 1.165) is 0 Å². The molecule has 2 aromatic carbocycles. The van der Waals surface area contributed by atoms with Crippen molar-refractivity contribution in [2.45, 2.75) is 20.4 Å². The van der Waals surface area contributed by atoms with E-state index in [1.54, 1.807) is 87.7 Å². The molecule has 0 fully saturated rings. The third-order valence-electron chi connectivity index (χ3n) is 5.84. The van der Waals surface area contributed by atoms with Crippen molar-refractivity contribution >= 4 is 41.1 Å². The zero-order valence-corrected chi connectivity index (χ0v) is 21.6. The number of nitrogens with one attached hydrogen (secondary N) is 2. The van der Waals surface area contributed by atoms with Gasteiger partial charge in [-0.1, -0.05) is 18.2 Å². The van der Waals surface area contributed by atoms with Crippen molar-refractivity contribution in [3.05, 3.63) is 95.1 Å². The van der Waals surface area contributed by atoms with E-state index in [2.05, 4.69) is 10.6 Å². The Balaban J connectivity index is 1.51. The molecule has 0 radical (unpaired) electrons. The third kappa shape index (κ3) is 6.07. The van der Waals surface area contributed by atoms with Gasteiger partial charge in [0, 0.05) is 17.1 Å². The lowest BCUT2D eigenvalue weighted by Crippen LogP contribution is -2.34. The first-order valence-corrected chi connectivity index (χ1v) is 12.1. The molecule has 10 heteroatoms. The number of methoxy groups -OCH3 is 1. The van der Waals surface area contributed by atoms with E-state index >= 15 is 0 Å². The van der Waals surface area contributed by atoms with Crippen LogP contribution in [-0.2, 0) is 30.5 Å². The third-order valence-corrected chi connectivity index (χ3v) is 5.84. The SMILES string of the molecule is CCOC(=O)C1=C(C)N(c2ccc(OC)cc2)C(=O)/C1=C/c1ccc(CNC(=O)C(=O)Nc2ccccc2)o1. The maximum atomic E-state index is 13.5. The van der Waals surface area contributed by atoms with Crippen LogP contribution in [-0.4, -0.2) is 37.4 Å². The highest BCUT2D eigenvalue weighted by Gasteiger charge is 2.38. The quantitative estimate of drug-likeness (QED) is 0.258. The van der Waals surface area contributed by atoms with Crippen LogP contribution in [0.1, 0.15) is 25.4 Å². The summed E-state index contributed by atoms with van der Waals surface area (Å²) in [7, 11) is 1.55. The predicted octanol–water partition coefficient (Wildman–Crippen LogP) is 3.81. The van der Waals surface area contributed by atoms with Gasteiger partial charge in [0.1, 0.15) is 17.3 Å². The minimum Gasteiger partial charge on any atom is -0.497 e. The molecule has 2 N–H and O–H groups in total. The Morgan fingerprint density at radius 3 is 2.36 bits per heavy atom. The average Bonchev–Trinajstić information content (AvgIpc) is 3.49. The van der Waals surface area contributed by atoms with Gasteiger partial charge in [-0.3, -0.25) is 19.3 Å². The lowest BCUT2D eigenvalue weighted by atomic mass is 10.1. The van der Waals surface area contributed by atoms with Gasteiger partial charge >= 0.3 is 17.8 Å². The van der Waals surface area contributed by atoms with Gasteiger partial charge in [0.2, 0.25) is 0 Å². The van der Waals surface area contributed by atoms with Gasteiger partial charge in [-0.05, 0) is 68.5 Å². The fraction of sp³-hybridized carbons (Fsp3) is 0.172. The Morgan fingerprint density at radius 1 is 0.974 bits per heavy atom. The number of para-hydroxylation sites is 1. The number of allylic oxidation sites excluding steroid dienone is 1. The van der Waals surface area contributed by atoms with Crippen LogP contribution in [0.5, 0.6) is 5.75 Å². The number of nitrogens with zero attached hydrogens (tertiary/aromatic N) is 1. The number of furan rings is 1. The molecule has 4 rings (SSSR count). The molecule has 200 valence electrons. The molecule has 0 atom stereocenters. The summed E-state index contributed by atoms with van der Waals surface area (Å²) in [5.74, 6) is -1.45. The first kappa shape index (κ1) is 26.9. The number of carbonyl (C=O) groups excluding carboxylic acids is 4. The van der Waals surface area contributed by atoms with Crippen LogP contribution in [0, 0.1) is 0 Å². The number of esters is 1. The van der Waals surface area contributed by atoms with Crippen molar-refractivity contribution in [2.24, 2.45) is 0 Å². The second-order valence-corrected chi connectivity index (χ2v) is 8.38. The summed E-state index contributed by atoms with van der Waals surface area (Å²) in [6.07, 6.45) is 1.45. The topological polar surface area (TPSA) is 127 Å². The van der Waals surface area contributed by atoms with E-state index in [4.69, 9.17) is 13.9 Å². The number of benzene rings is 2. The fourth-order valence-corrected chi connectivity index (χ4v) is 3.99. The van der Waals surface area contributed by atoms with Crippen molar-refractivity contribution in [3.63, 3.8) is 0 Å². The minimum atomic E-state index is -0.834. The molecule has 0 saturated heterocycles. The number of ether oxygens (including phenoxy) is 2. The van der Waals surface area contributed by atoms with Gasteiger partial charge in [-0.2, -0.15) is 0 Å². The molecule has 10 nitrogen and oxygen atoms in total. The van der Waals surface area contributed by atoms with E-state index < -0.39 is 23.7 Å². The summed E-state index contributed by atoms with van der Waals surface area (Å²) in [6.45, 7) is 3.43. The predicted molar refractivity (Wildman–Crippen MR) is 143 cm³/mol. The number of carbonyl (C=O) groups is 4. The fourth-order valence-electron chi connectivity index (χ4n) is 3.99. The largest absolute Gasteiger partial charge is 0.497 e. The Bertz CT molecular complexity index is 1450. The van der Waals surface area contributed by atoms with Crippen LogP contribution in [0.4, 0.5) is 11.4 Å². The summed E-state index contributed by atoms with van der Waals surface area (Å²) >= 11 is 0. The second kappa shape index (κ2) is 12.0. The number of anilines is 2. The van der Waals surface area contributed by atoms with Crippen molar-refractivity contribution in [2.75, 3.05) is 23.9 Å². The van der Waals surface area contributed by atoms with Gasteiger partial charge < -0.3 is 24.5 Å². The highest BCUT2D eigenvalue weighted by molar-refractivity contribution is 6.39. The lowest BCUT2D eigenvalue weighted by molar-refractivity contribution is -0.138. The maximum Gasteiger partial charge on any atom is 0.340 e. The standard InChI is InChI=1S/C29H27N3O7/c1-4-38-29(36)25-18(2)32(20-10-12-21(37-3)13-11-20)28(35)24(25)16-22-14-15-23(39-22)17-30-26(33)27(34)31-19-8-6-5-7-9-19/h5-16H,4,17H2,1-3H3,(H,30,33)(H,31,34)/b24-16+. The number of hydrogen-bond acceptors (Lipinski definition) is 7. The van der Waals surface area contributed by atoms with Crippen LogP contribution in [0.3, 0.4) is 0 Å². The monoisotopic (exact) mass is 529 g/mol. The molecule has 0 aliphatic carbocycles. The van der Waals surface area contributed by atoms with Crippen LogP contribution in [0.15, 0.2) is 88.0 Å². The summed E-state index contributed by atoms with van der Waals surface area (Å²) in [4.78, 5) is 52.0. The molecule has 1 aliphatic rings. The maximum absolute atomic E-state index is 13.5. The Kier molecular flexibility index (Phi) is 8.25. The van der Waals surface area contributed by atoms with E-state index in [9.17, 15) is 19.2 Å². The molecular formula is C29H27N3O7. The van der Waals surface area contributed by atoms with E-state index in [1.807, 2.05) is 0 Å². The molecular weight excluding hydrogens is 502 g/mol. The van der Waals surface area contributed by atoms with Crippen molar-refractivity contribution in [1.82, 2.24) is 5.32 Å². The van der Waals surface area contributed by atoms with Gasteiger partial charge in [-0.25, -0.2) is 4.79 Å². The molecule has 2 heterocycles. The van der Waals surface area contributed by atoms with Crippen LogP contribution in [0.2, 0.25) is 0 Å². The van der Waals surface area contributed by atoms with Crippen molar-refractivity contribution in [3.8, 4) is 5.75 Å². The molecule has 0 spiro atoms. The number of rotatable bonds is 8. The Hall–Kier alpha value is -5.12. The van der Waals surface area contributed by atoms with Crippen molar-refractivity contribution < 1.29 is 33.1 Å². The molecule has 1 aliphatic heterocycles. The first-order valence-electron chi connectivity index (χ1n) is 12.1. The van der Waals surface area contributed by atoms with E-state index in [0.29, 0.717) is 28.6 Å². The van der Waals surface area contributed by atoms with Gasteiger partial charge in [-0.15, -0.1) is 0 Å². The summed E-state index contributed by atoms with van der Waals surface area (Å²) in [5, 5.41) is 4.99. The van der Waals surface area contributed by atoms with Gasteiger partial charge in [0.15, 0.2) is 0 Å². The lowest BCUT2D eigenvalue weighted by Gasteiger charge is -2.18. The smallest absolute Gasteiger partial charge is 0.340 e. The molecule has 3 amide bonds. The average molecular weight is 530 g/mol. The van der Waals surface area contributed by atoms with Gasteiger partial charge in [0.05, 0.1) is 31.4 Å². The highest BCUT2D eigenvalue weighted by Crippen LogP contribution is 2.36. The molecule has 3 aromatic rings. The molecule has 39 heavy (non-hydrogen) atoms. The number of hydrogen-bond donors (Lipinski definition) is 2. The summed E-state index contributed by atoms with van der Waals surface area (Å²) < 4.78 is 16.2. The van der Waals surface area contributed by atoms with Crippen LogP contribution >= 0.6 is 0 Å². The van der Waals surface area contributed by atoms with Crippen LogP contribution in [0.25, 0.3) is 6.08 Å². The molecule has 0 unspecified atom stereocenters. The van der Waals surface area contributed by atoms with Crippen LogP contribution < -0.4 is 20.3 Å². The molecule has 1 aromatic heterocycles. The number of amides is 3. The minimum absolute atomic E-state index is 0.0598. The zero-order valence-electron chi connectivity index (χ0n) is 21.6. The summed E-state index contributed by atoms with van der Waals surface area (Å²) in [5.41, 5.74) is 1.70. The molecule has 0 saturated carbocycles.